The van der Waals surface area contributed by atoms with Crippen LogP contribution in [0.1, 0.15) is 48.9 Å². The average Bonchev–Trinajstić information content (AvgIpc) is 3.54. The van der Waals surface area contributed by atoms with Crippen molar-refractivity contribution in [2.45, 2.75) is 50.7 Å². The standard InChI is InChI=1S/C24H26N2O5/c27-23(25-17-5-3-8-19(14-17)31-18-6-1-2-7-18)20-9-4-12-26(20)24(28)16-10-11-21-22(13-16)30-15-29-21/h3,5,8,10-11,13-14,18,20H,1-2,4,6-7,9,12,15H2,(H,25,27)/t20-/m0/s1. The quantitative estimate of drug-likeness (QED) is 0.789. The molecule has 1 saturated heterocycles. The van der Waals surface area contributed by atoms with E-state index >= 15 is 0 Å². The van der Waals surface area contributed by atoms with E-state index in [1.165, 1.54) is 12.8 Å². The van der Waals surface area contributed by atoms with E-state index in [2.05, 4.69) is 5.32 Å². The molecule has 7 nitrogen and oxygen atoms in total. The molecule has 162 valence electrons. The zero-order chi connectivity index (χ0) is 21.2. The molecule has 1 aliphatic carbocycles. The third-order valence-electron chi connectivity index (χ3n) is 6.14. The van der Waals surface area contributed by atoms with Crippen molar-refractivity contribution in [2.75, 3.05) is 18.7 Å². The minimum atomic E-state index is -0.502. The Labute approximate surface area is 181 Å². The minimum absolute atomic E-state index is 0.158. The first-order valence-corrected chi connectivity index (χ1v) is 11.0. The first-order valence-electron chi connectivity index (χ1n) is 11.0. The molecule has 2 aromatic rings. The Bertz CT molecular complexity index is 986. The lowest BCUT2D eigenvalue weighted by atomic mass is 10.1. The van der Waals surface area contributed by atoms with Gasteiger partial charge in [0.15, 0.2) is 11.5 Å². The van der Waals surface area contributed by atoms with E-state index in [1.807, 2.05) is 24.3 Å². The maximum atomic E-state index is 13.1. The molecule has 2 aliphatic heterocycles. The van der Waals surface area contributed by atoms with Crippen LogP contribution in [0.3, 0.4) is 0 Å². The summed E-state index contributed by atoms with van der Waals surface area (Å²) in [7, 11) is 0. The van der Waals surface area contributed by atoms with E-state index in [1.54, 1.807) is 23.1 Å². The number of carbonyl (C=O) groups excluding carboxylic acids is 2. The number of benzene rings is 2. The molecule has 2 fully saturated rings. The normalized spacial score (nSPS) is 20.1. The van der Waals surface area contributed by atoms with Crippen molar-refractivity contribution in [1.29, 1.82) is 0 Å². The zero-order valence-corrected chi connectivity index (χ0v) is 17.3. The highest BCUT2D eigenvalue weighted by Gasteiger charge is 2.35. The lowest BCUT2D eigenvalue weighted by Crippen LogP contribution is -2.43. The van der Waals surface area contributed by atoms with E-state index in [9.17, 15) is 9.59 Å². The number of nitrogens with one attached hydrogen (secondary N) is 1. The van der Waals surface area contributed by atoms with Crippen molar-refractivity contribution in [3.63, 3.8) is 0 Å². The smallest absolute Gasteiger partial charge is 0.254 e. The Balaban J connectivity index is 1.26. The molecule has 0 spiro atoms. The molecule has 2 heterocycles. The summed E-state index contributed by atoms with van der Waals surface area (Å²) in [5.74, 6) is 1.61. The van der Waals surface area contributed by atoms with Gasteiger partial charge in [0.25, 0.3) is 5.91 Å². The van der Waals surface area contributed by atoms with Gasteiger partial charge in [-0.15, -0.1) is 0 Å². The molecule has 7 heteroatoms. The largest absolute Gasteiger partial charge is 0.490 e. The van der Waals surface area contributed by atoms with Gasteiger partial charge in [-0.25, -0.2) is 0 Å². The van der Waals surface area contributed by atoms with Gasteiger partial charge in [-0.1, -0.05) is 6.07 Å². The number of ether oxygens (including phenoxy) is 3. The number of anilines is 1. The second-order valence-electron chi connectivity index (χ2n) is 8.27. The number of amides is 2. The van der Waals surface area contributed by atoms with Crippen LogP contribution in [-0.4, -0.2) is 42.2 Å². The van der Waals surface area contributed by atoms with Crippen molar-refractivity contribution >= 4 is 17.5 Å². The Morgan fingerprint density at radius 3 is 2.68 bits per heavy atom. The fraction of sp³-hybridized carbons (Fsp3) is 0.417. The van der Waals surface area contributed by atoms with Gasteiger partial charge in [0.1, 0.15) is 11.8 Å². The number of hydrogen-bond acceptors (Lipinski definition) is 5. The van der Waals surface area contributed by atoms with Crippen LogP contribution in [0.5, 0.6) is 17.2 Å². The lowest BCUT2D eigenvalue weighted by molar-refractivity contribution is -0.119. The number of nitrogens with zero attached hydrogens (tertiary/aromatic N) is 1. The van der Waals surface area contributed by atoms with Gasteiger partial charge in [-0.3, -0.25) is 9.59 Å². The van der Waals surface area contributed by atoms with Crippen molar-refractivity contribution < 1.29 is 23.8 Å². The SMILES string of the molecule is O=C(Nc1cccc(OC2CCCC2)c1)[C@@H]1CCCN1C(=O)c1ccc2c(c1)OCO2. The highest BCUT2D eigenvalue weighted by Crippen LogP contribution is 2.33. The van der Waals surface area contributed by atoms with Crippen LogP contribution in [0.15, 0.2) is 42.5 Å². The maximum absolute atomic E-state index is 13.1. The average molecular weight is 422 g/mol. The molecular formula is C24H26N2O5. The van der Waals surface area contributed by atoms with Gasteiger partial charge in [-0.05, 0) is 68.9 Å². The van der Waals surface area contributed by atoms with Crippen molar-refractivity contribution in [1.82, 2.24) is 4.90 Å². The Hall–Kier alpha value is -3.22. The fourth-order valence-corrected chi connectivity index (χ4v) is 4.55. The highest BCUT2D eigenvalue weighted by molar-refractivity contribution is 6.02. The molecule has 0 unspecified atom stereocenters. The number of fused-ring (bicyclic) bond motifs is 1. The number of likely N-dealkylation sites (tertiary alicyclic amines) is 1. The van der Waals surface area contributed by atoms with E-state index < -0.39 is 6.04 Å². The third kappa shape index (κ3) is 4.17. The van der Waals surface area contributed by atoms with Gasteiger partial charge < -0.3 is 24.4 Å². The molecule has 2 amide bonds. The highest BCUT2D eigenvalue weighted by atomic mass is 16.7. The molecule has 0 aromatic heterocycles. The summed E-state index contributed by atoms with van der Waals surface area (Å²) in [4.78, 5) is 27.7. The first kappa shape index (κ1) is 19.7. The van der Waals surface area contributed by atoms with Crippen LogP contribution in [0, 0.1) is 0 Å². The molecule has 3 aliphatic rings. The molecule has 5 rings (SSSR count). The monoisotopic (exact) mass is 422 g/mol. The van der Waals surface area contributed by atoms with Crippen LogP contribution in [0.2, 0.25) is 0 Å². The topological polar surface area (TPSA) is 77.1 Å². The Morgan fingerprint density at radius 2 is 1.81 bits per heavy atom. The van der Waals surface area contributed by atoms with Gasteiger partial charge in [0, 0.05) is 23.9 Å². The van der Waals surface area contributed by atoms with E-state index in [0.29, 0.717) is 35.7 Å². The number of carbonyl (C=O) groups is 2. The van der Waals surface area contributed by atoms with Gasteiger partial charge in [0.05, 0.1) is 6.10 Å². The van der Waals surface area contributed by atoms with E-state index in [4.69, 9.17) is 14.2 Å². The molecule has 0 radical (unpaired) electrons. The van der Waals surface area contributed by atoms with Crippen LogP contribution >= 0.6 is 0 Å². The molecule has 2 aromatic carbocycles. The predicted molar refractivity (Wildman–Crippen MR) is 115 cm³/mol. The van der Waals surface area contributed by atoms with Crippen LogP contribution < -0.4 is 19.5 Å². The number of hydrogen-bond donors (Lipinski definition) is 1. The number of rotatable bonds is 5. The summed E-state index contributed by atoms with van der Waals surface area (Å²) in [5, 5.41) is 2.97. The summed E-state index contributed by atoms with van der Waals surface area (Å²) >= 11 is 0. The van der Waals surface area contributed by atoms with Gasteiger partial charge in [-0.2, -0.15) is 0 Å². The second-order valence-corrected chi connectivity index (χ2v) is 8.27. The fourth-order valence-electron chi connectivity index (χ4n) is 4.55. The van der Waals surface area contributed by atoms with Gasteiger partial charge >= 0.3 is 0 Å². The molecule has 31 heavy (non-hydrogen) atoms. The molecule has 1 saturated carbocycles. The molecule has 1 N–H and O–H groups in total. The first-order chi connectivity index (χ1) is 15.2. The minimum Gasteiger partial charge on any atom is -0.490 e. The van der Waals surface area contributed by atoms with Crippen molar-refractivity contribution in [3.05, 3.63) is 48.0 Å². The van der Waals surface area contributed by atoms with Crippen molar-refractivity contribution in [3.8, 4) is 17.2 Å². The van der Waals surface area contributed by atoms with Crippen LogP contribution in [0.4, 0.5) is 5.69 Å². The summed E-state index contributed by atoms with van der Waals surface area (Å²) < 4.78 is 16.7. The Kier molecular flexibility index (Phi) is 5.40. The van der Waals surface area contributed by atoms with Crippen LogP contribution in [-0.2, 0) is 4.79 Å². The summed E-state index contributed by atoms with van der Waals surface area (Å²) in [6.07, 6.45) is 6.26. The third-order valence-corrected chi connectivity index (χ3v) is 6.14. The summed E-state index contributed by atoms with van der Waals surface area (Å²) in [6, 6.07) is 12.1. The van der Waals surface area contributed by atoms with Gasteiger partial charge in [0.2, 0.25) is 12.7 Å². The zero-order valence-electron chi connectivity index (χ0n) is 17.3. The van der Waals surface area contributed by atoms with Crippen molar-refractivity contribution in [2.24, 2.45) is 0 Å². The lowest BCUT2D eigenvalue weighted by Gasteiger charge is -2.24. The predicted octanol–water partition coefficient (Wildman–Crippen LogP) is 3.98. The summed E-state index contributed by atoms with van der Waals surface area (Å²) in [6.45, 7) is 0.710. The van der Waals surface area contributed by atoms with Crippen LogP contribution in [0.25, 0.3) is 0 Å². The molecular weight excluding hydrogens is 396 g/mol. The molecule has 0 bridgehead atoms. The Morgan fingerprint density at radius 1 is 0.968 bits per heavy atom. The second kappa shape index (κ2) is 8.49. The molecule has 1 atom stereocenters. The maximum Gasteiger partial charge on any atom is 0.254 e. The van der Waals surface area contributed by atoms with E-state index in [0.717, 1.165) is 25.0 Å². The van der Waals surface area contributed by atoms with E-state index in [-0.39, 0.29) is 24.7 Å². The summed E-state index contributed by atoms with van der Waals surface area (Å²) in [5.41, 5.74) is 1.18.